The molecule has 0 bridgehead atoms. The molecule has 2 heterocycles. The molecule has 2 saturated heterocycles. The zero-order valence-corrected chi connectivity index (χ0v) is 11.3. The van der Waals surface area contributed by atoms with E-state index in [1.165, 1.54) is 6.42 Å². The fourth-order valence-electron chi connectivity index (χ4n) is 2.72. The highest BCUT2D eigenvalue weighted by molar-refractivity contribution is 5.81. The first-order valence-corrected chi connectivity index (χ1v) is 6.72. The van der Waals surface area contributed by atoms with Crippen LogP contribution in [0.5, 0.6) is 0 Å². The van der Waals surface area contributed by atoms with Gasteiger partial charge in [0.1, 0.15) is 0 Å². The van der Waals surface area contributed by atoms with Crippen LogP contribution in [0.1, 0.15) is 27.2 Å². The van der Waals surface area contributed by atoms with Crippen LogP contribution in [-0.4, -0.2) is 61.0 Å². The lowest BCUT2D eigenvalue weighted by atomic mass is 9.94. The Bertz CT molecular complexity index is 271. The third-order valence-electron chi connectivity index (χ3n) is 3.79. The summed E-state index contributed by atoms with van der Waals surface area (Å²) < 4.78 is 0. The van der Waals surface area contributed by atoms with Crippen molar-refractivity contribution in [1.29, 1.82) is 0 Å². The van der Waals surface area contributed by atoms with Gasteiger partial charge >= 0.3 is 0 Å². The minimum absolute atomic E-state index is 0.239. The van der Waals surface area contributed by atoms with Crippen LogP contribution in [0.4, 0.5) is 0 Å². The quantitative estimate of drug-likeness (QED) is 0.725. The van der Waals surface area contributed by atoms with Crippen molar-refractivity contribution in [2.45, 2.75) is 33.2 Å². The molecule has 0 aliphatic carbocycles. The molecular formula is C13H25N3O. The van der Waals surface area contributed by atoms with Gasteiger partial charge in [-0.25, -0.2) is 0 Å². The predicted octanol–water partition coefficient (Wildman–Crippen LogP) is 0.539. The fourth-order valence-corrected chi connectivity index (χ4v) is 2.72. The summed E-state index contributed by atoms with van der Waals surface area (Å²) in [5, 5.41) is 3.41. The zero-order chi connectivity index (χ0) is 12.5. The number of nitrogens with one attached hydrogen (secondary N) is 1. The van der Waals surface area contributed by atoms with E-state index in [0.29, 0.717) is 11.9 Å². The van der Waals surface area contributed by atoms with E-state index in [4.69, 9.17) is 0 Å². The first-order valence-electron chi connectivity index (χ1n) is 6.72. The molecule has 1 N–H and O–H groups in total. The molecule has 0 saturated carbocycles. The summed E-state index contributed by atoms with van der Waals surface area (Å²) in [5.41, 5.74) is -0.239. The lowest BCUT2D eigenvalue weighted by molar-refractivity contribution is -0.141. The molecule has 0 aromatic carbocycles. The Balaban J connectivity index is 1.83. The zero-order valence-electron chi connectivity index (χ0n) is 11.3. The van der Waals surface area contributed by atoms with Gasteiger partial charge in [-0.15, -0.1) is 0 Å². The molecule has 0 aromatic heterocycles. The SMILES string of the molecule is CC(C)(C)C(=O)N1CCN(C2CCNC2)CC1. The van der Waals surface area contributed by atoms with Gasteiger partial charge in [0.25, 0.3) is 0 Å². The summed E-state index contributed by atoms with van der Waals surface area (Å²) in [6.45, 7) is 12.1. The molecule has 17 heavy (non-hydrogen) atoms. The highest BCUT2D eigenvalue weighted by atomic mass is 16.2. The molecule has 0 aromatic rings. The van der Waals surface area contributed by atoms with Crippen molar-refractivity contribution in [2.75, 3.05) is 39.3 Å². The maximum Gasteiger partial charge on any atom is 0.228 e. The van der Waals surface area contributed by atoms with Gasteiger partial charge in [-0.2, -0.15) is 0 Å². The molecule has 1 atom stereocenters. The number of carbonyl (C=O) groups is 1. The molecule has 1 amide bonds. The van der Waals surface area contributed by atoms with Gasteiger partial charge in [-0.05, 0) is 13.0 Å². The second-order valence-electron chi connectivity index (χ2n) is 6.22. The number of piperazine rings is 1. The largest absolute Gasteiger partial charge is 0.340 e. The summed E-state index contributed by atoms with van der Waals surface area (Å²) in [5.74, 6) is 0.293. The molecule has 0 spiro atoms. The maximum atomic E-state index is 12.1. The lowest BCUT2D eigenvalue weighted by Crippen LogP contribution is -2.54. The minimum Gasteiger partial charge on any atom is -0.340 e. The first kappa shape index (κ1) is 12.8. The standard InChI is InChI=1S/C13H25N3O/c1-13(2,3)12(17)16-8-6-15(7-9-16)11-4-5-14-10-11/h11,14H,4-10H2,1-3H3. The molecule has 4 nitrogen and oxygen atoms in total. The van der Waals surface area contributed by atoms with Crippen LogP contribution in [0.2, 0.25) is 0 Å². The van der Waals surface area contributed by atoms with Gasteiger partial charge in [-0.3, -0.25) is 9.69 Å². The van der Waals surface area contributed by atoms with Crippen molar-refractivity contribution in [3.05, 3.63) is 0 Å². The molecule has 98 valence electrons. The fraction of sp³-hybridized carbons (Fsp3) is 0.923. The Hall–Kier alpha value is -0.610. The van der Waals surface area contributed by atoms with Crippen LogP contribution in [0.3, 0.4) is 0 Å². The second-order valence-corrected chi connectivity index (χ2v) is 6.22. The lowest BCUT2D eigenvalue weighted by Gasteiger charge is -2.39. The Morgan fingerprint density at radius 3 is 2.29 bits per heavy atom. The van der Waals surface area contributed by atoms with E-state index in [-0.39, 0.29) is 5.41 Å². The van der Waals surface area contributed by atoms with Crippen molar-refractivity contribution < 1.29 is 4.79 Å². The Morgan fingerprint density at radius 2 is 1.82 bits per heavy atom. The number of amides is 1. The number of nitrogens with zero attached hydrogens (tertiary/aromatic N) is 2. The predicted molar refractivity (Wildman–Crippen MR) is 68.9 cm³/mol. The van der Waals surface area contributed by atoms with Gasteiger partial charge in [0.15, 0.2) is 0 Å². The summed E-state index contributed by atoms with van der Waals surface area (Å²) >= 11 is 0. The molecule has 2 rings (SSSR count). The molecule has 0 radical (unpaired) electrons. The van der Waals surface area contributed by atoms with Gasteiger partial charge in [0, 0.05) is 44.2 Å². The van der Waals surface area contributed by atoms with E-state index < -0.39 is 0 Å². The second kappa shape index (κ2) is 4.94. The Kier molecular flexibility index (Phi) is 3.73. The van der Waals surface area contributed by atoms with Gasteiger partial charge < -0.3 is 10.2 Å². The van der Waals surface area contributed by atoms with Crippen LogP contribution in [0.15, 0.2) is 0 Å². The monoisotopic (exact) mass is 239 g/mol. The molecule has 2 aliphatic heterocycles. The van der Waals surface area contributed by atoms with Crippen molar-refractivity contribution in [1.82, 2.24) is 15.1 Å². The summed E-state index contributed by atoms with van der Waals surface area (Å²) in [7, 11) is 0. The summed E-state index contributed by atoms with van der Waals surface area (Å²) in [4.78, 5) is 16.7. The van der Waals surface area contributed by atoms with Crippen molar-refractivity contribution in [3.63, 3.8) is 0 Å². The van der Waals surface area contributed by atoms with Crippen LogP contribution in [-0.2, 0) is 4.79 Å². The van der Waals surface area contributed by atoms with Gasteiger partial charge in [-0.1, -0.05) is 20.8 Å². The van der Waals surface area contributed by atoms with Crippen molar-refractivity contribution in [2.24, 2.45) is 5.41 Å². The van der Waals surface area contributed by atoms with Crippen LogP contribution >= 0.6 is 0 Å². The van der Waals surface area contributed by atoms with E-state index >= 15 is 0 Å². The third kappa shape index (κ3) is 2.99. The van der Waals surface area contributed by atoms with Crippen LogP contribution in [0, 0.1) is 5.41 Å². The van der Waals surface area contributed by atoms with Crippen molar-refractivity contribution >= 4 is 5.91 Å². The van der Waals surface area contributed by atoms with Gasteiger partial charge in [0.2, 0.25) is 5.91 Å². The number of hydrogen-bond acceptors (Lipinski definition) is 3. The molecule has 2 aliphatic rings. The molecule has 4 heteroatoms. The average Bonchev–Trinajstić information content (AvgIpc) is 2.80. The van der Waals surface area contributed by atoms with Crippen molar-refractivity contribution in [3.8, 4) is 0 Å². The Morgan fingerprint density at radius 1 is 1.18 bits per heavy atom. The highest BCUT2D eigenvalue weighted by Crippen LogP contribution is 2.19. The molecule has 1 unspecified atom stereocenters. The maximum absolute atomic E-state index is 12.1. The highest BCUT2D eigenvalue weighted by Gasteiger charge is 2.32. The summed E-state index contributed by atoms with van der Waals surface area (Å²) in [6, 6.07) is 0.696. The number of hydrogen-bond donors (Lipinski definition) is 1. The van der Waals surface area contributed by atoms with Gasteiger partial charge in [0.05, 0.1) is 0 Å². The topological polar surface area (TPSA) is 35.6 Å². The third-order valence-corrected chi connectivity index (χ3v) is 3.79. The van der Waals surface area contributed by atoms with E-state index in [0.717, 1.165) is 39.3 Å². The number of carbonyl (C=O) groups excluding carboxylic acids is 1. The summed E-state index contributed by atoms with van der Waals surface area (Å²) in [6.07, 6.45) is 1.26. The number of rotatable bonds is 1. The smallest absolute Gasteiger partial charge is 0.228 e. The minimum atomic E-state index is -0.239. The normalized spacial score (nSPS) is 27.5. The Labute approximate surface area is 104 Å². The van der Waals surface area contributed by atoms with E-state index in [1.807, 2.05) is 25.7 Å². The van der Waals surface area contributed by atoms with Crippen LogP contribution < -0.4 is 5.32 Å². The first-order chi connectivity index (χ1) is 7.98. The van der Waals surface area contributed by atoms with E-state index in [1.54, 1.807) is 0 Å². The molecular weight excluding hydrogens is 214 g/mol. The van der Waals surface area contributed by atoms with E-state index in [9.17, 15) is 4.79 Å². The van der Waals surface area contributed by atoms with Crippen LogP contribution in [0.25, 0.3) is 0 Å². The van der Waals surface area contributed by atoms with E-state index in [2.05, 4.69) is 10.2 Å². The average molecular weight is 239 g/mol. The molecule has 2 fully saturated rings.